The minimum atomic E-state index is -1.06. The molecule has 2 atom stereocenters. The molecule has 1 aliphatic rings. The first kappa shape index (κ1) is 39.7. The Morgan fingerprint density at radius 1 is 0.837 bits per heavy atom. The van der Waals surface area contributed by atoms with Gasteiger partial charge < -0.3 is 42.2 Å². The van der Waals surface area contributed by atoms with Crippen molar-refractivity contribution in [2.45, 2.75) is 77.5 Å². The molecule has 1 aromatic rings. The summed E-state index contributed by atoms with van der Waals surface area (Å²) in [6.45, 7) is 3.75. The van der Waals surface area contributed by atoms with E-state index in [1.165, 1.54) is 12.2 Å². The maximum absolute atomic E-state index is 13.3. The van der Waals surface area contributed by atoms with Gasteiger partial charge in [-0.15, -0.1) is 0 Å². The number of amides is 8. The first-order valence-electron chi connectivity index (χ1n) is 16.0. The van der Waals surface area contributed by atoms with Crippen LogP contribution in [-0.4, -0.2) is 89.4 Å². The molecule has 0 aromatic heterocycles. The Kier molecular flexibility index (Phi) is 16.8. The number of anilines is 1. The van der Waals surface area contributed by atoms with E-state index in [1.54, 1.807) is 38.1 Å². The number of hydrogen-bond acceptors (Lipinski definition) is 9. The number of benzene rings is 1. The molecule has 0 aliphatic carbocycles. The number of nitrogens with zero attached hydrogens (tertiary/aromatic N) is 1. The quantitative estimate of drug-likeness (QED) is 0.0709. The summed E-state index contributed by atoms with van der Waals surface area (Å²) in [5.41, 5.74) is 6.10. The second-order valence-electron chi connectivity index (χ2n) is 11.6. The summed E-state index contributed by atoms with van der Waals surface area (Å²) in [6, 6.07) is 3.64. The zero-order valence-electron chi connectivity index (χ0n) is 27.6. The molecule has 2 rings (SSSR count). The average molecular weight is 688 g/mol. The summed E-state index contributed by atoms with van der Waals surface area (Å²) in [5, 5.41) is 21.5. The molecule has 1 unspecified atom stereocenters. The number of primary amides is 1. The van der Waals surface area contributed by atoms with Gasteiger partial charge in [-0.2, -0.15) is 0 Å². The highest BCUT2D eigenvalue weighted by atomic mass is 16.5. The number of carbonyl (C=O) groups is 8. The van der Waals surface area contributed by atoms with E-state index in [1.807, 2.05) is 0 Å². The first-order valence-corrected chi connectivity index (χ1v) is 16.0. The molecule has 17 heteroatoms. The second kappa shape index (κ2) is 20.7. The van der Waals surface area contributed by atoms with Gasteiger partial charge in [0.1, 0.15) is 18.7 Å². The van der Waals surface area contributed by atoms with Gasteiger partial charge in [0.05, 0.1) is 6.42 Å². The molecule has 268 valence electrons. The van der Waals surface area contributed by atoms with Crippen LogP contribution in [0.15, 0.2) is 36.4 Å². The Bertz CT molecular complexity index is 1360. The summed E-state index contributed by atoms with van der Waals surface area (Å²) in [4.78, 5) is 97.1. The lowest BCUT2D eigenvalue weighted by Gasteiger charge is -2.25. The van der Waals surface area contributed by atoms with Crippen molar-refractivity contribution in [3.63, 3.8) is 0 Å². The van der Waals surface area contributed by atoms with Crippen molar-refractivity contribution in [1.82, 2.24) is 26.2 Å². The minimum absolute atomic E-state index is 0.0766. The number of aliphatic carboxylic acids is 1. The van der Waals surface area contributed by atoms with Gasteiger partial charge in [0, 0.05) is 43.9 Å². The Morgan fingerprint density at radius 3 is 2.12 bits per heavy atom. The third-order valence-corrected chi connectivity index (χ3v) is 7.25. The smallest absolute Gasteiger partial charge is 0.407 e. The fraction of sp³-hybridized carbons (Fsp3) is 0.500. The number of carboxylic acids is 1. The number of carbonyl (C=O) groups excluding carboxylic acids is 7. The van der Waals surface area contributed by atoms with E-state index < -0.39 is 42.0 Å². The van der Waals surface area contributed by atoms with E-state index in [-0.39, 0.29) is 69.1 Å². The van der Waals surface area contributed by atoms with Gasteiger partial charge in [-0.25, -0.2) is 9.59 Å². The van der Waals surface area contributed by atoms with Crippen LogP contribution in [0.25, 0.3) is 0 Å². The number of imide groups is 1. The molecular weight excluding hydrogens is 642 g/mol. The van der Waals surface area contributed by atoms with Crippen molar-refractivity contribution in [3.8, 4) is 0 Å². The van der Waals surface area contributed by atoms with Gasteiger partial charge in [-0.05, 0) is 49.3 Å². The number of carboxylic acid groups (broad SMARTS) is 1. The Labute approximate surface area is 283 Å². The number of unbranched alkanes of at least 4 members (excludes halogenated alkanes) is 2. The molecule has 8 N–H and O–H groups in total. The monoisotopic (exact) mass is 687 g/mol. The maximum atomic E-state index is 13.3. The summed E-state index contributed by atoms with van der Waals surface area (Å²) >= 11 is 0. The third-order valence-electron chi connectivity index (χ3n) is 7.25. The van der Waals surface area contributed by atoms with Crippen LogP contribution in [0.3, 0.4) is 0 Å². The van der Waals surface area contributed by atoms with Crippen molar-refractivity contribution in [2.75, 3.05) is 25.0 Å². The zero-order valence-corrected chi connectivity index (χ0v) is 27.6. The molecule has 0 spiro atoms. The summed E-state index contributed by atoms with van der Waals surface area (Å²) in [6.07, 6.45) is 3.57. The number of nitrogens with one attached hydrogen (secondary N) is 5. The van der Waals surface area contributed by atoms with E-state index >= 15 is 0 Å². The van der Waals surface area contributed by atoms with E-state index in [2.05, 4.69) is 26.6 Å². The van der Waals surface area contributed by atoms with Gasteiger partial charge in [-0.1, -0.05) is 32.4 Å². The normalized spacial score (nSPS) is 13.4. The fourth-order valence-electron chi connectivity index (χ4n) is 4.60. The lowest BCUT2D eigenvalue weighted by Crippen LogP contribution is -2.54. The number of urea groups is 1. The number of rotatable bonds is 21. The van der Waals surface area contributed by atoms with Crippen LogP contribution in [0, 0.1) is 5.92 Å². The first-order chi connectivity index (χ1) is 23.3. The molecule has 17 nitrogen and oxygen atoms in total. The maximum Gasteiger partial charge on any atom is 0.407 e. The van der Waals surface area contributed by atoms with Gasteiger partial charge in [0.25, 0.3) is 11.8 Å². The van der Waals surface area contributed by atoms with Crippen molar-refractivity contribution in [1.29, 1.82) is 0 Å². The van der Waals surface area contributed by atoms with Crippen LogP contribution in [-0.2, 0) is 40.1 Å². The standard InChI is InChI=1S/C32H45N7O10/c1-20(2)28(38-24(40)8-4-3-5-18-39-25(41)13-14-26(39)42)30(46)37-23(7-6-16-34-31(33)47)29(45)36-22-11-9-21(10-12-22)19-49-32(48)35-17-15-27(43)44/h9-14,20,23,28H,3-8,15-19H2,1-2H3,(H,35,48)(H,36,45)(H,37,46)(H,38,40)(H,43,44)(H3,33,34,47)/t23-,28?/m0/s1. The minimum Gasteiger partial charge on any atom is -0.481 e. The number of ether oxygens (including phenoxy) is 1. The predicted octanol–water partition coefficient (Wildman–Crippen LogP) is 0.886. The lowest BCUT2D eigenvalue weighted by molar-refractivity contribution is -0.138. The van der Waals surface area contributed by atoms with E-state index in [9.17, 15) is 38.4 Å². The van der Waals surface area contributed by atoms with Gasteiger partial charge >= 0.3 is 18.1 Å². The van der Waals surface area contributed by atoms with Crippen molar-refractivity contribution >= 4 is 53.3 Å². The molecule has 8 amide bonds. The summed E-state index contributed by atoms with van der Waals surface area (Å²) in [7, 11) is 0. The molecule has 1 aliphatic heterocycles. The van der Waals surface area contributed by atoms with Crippen LogP contribution in [0.1, 0.15) is 64.4 Å². The molecule has 1 aromatic carbocycles. The lowest BCUT2D eigenvalue weighted by atomic mass is 10.0. The highest BCUT2D eigenvalue weighted by Gasteiger charge is 2.29. The van der Waals surface area contributed by atoms with Crippen molar-refractivity contribution in [3.05, 3.63) is 42.0 Å². The zero-order chi connectivity index (χ0) is 36.3. The molecule has 1 heterocycles. The predicted molar refractivity (Wildman–Crippen MR) is 175 cm³/mol. The molecule has 0 saturated carbocycles. The third kappa shape index (κ3) is 15.3. The molecule has 0 saturated heterocycles. The number of alkyl carbamates (subject to hydrolysis) is 1. The largest absolute Gasteiger partial charge is 0.481 e. The van der Waals surface area contributed by atoms with Crippen LogP contribution in [0.2, 0.25) is 0 Å². The molecule has 0 bridgehead atoms. The fourth-order valence-corrected chi connectivity index (χ4v) is 4.60. The molecule has 49 heavy (non-hydrogen) atoms. The second-order valence-corrected chi connectivity index (χ2v) is 11.6. The van der Waals surface area contributed by atoms with Gasteiger partial charge in [-0.3, -0.25) is 33.7 Å². The highest BCUT2D eigenvalue weighted by Crippen LogP contribution is 2.13. The molecule has 0 fully saturated rings. The molecule has 0 radical (unpaired) electrons. The SMILES string of the molecule is CC(C)C(NC(=O)CCCCCN1C(=O)C=CC1=O)C(=O)N[C@@H](CCCNC(N)=O)C(=O)Nc1ccc(COC(=O)NCCC(=O)O)cc1. The Hall–Kier alpha value is -5.48. The average Bonchev–Trinajstić information content (AvgIpc) is 3.36. The highest BCUT2D eigenvalue weighted by molar-refractivity contribution is 6.12. The number of nitrogens with two attached hydrogens (primary N) is 1. The van der Waals surface area contributed by atoms with Gasteiger partial charge in [0.15, 0.2) is 0 Å². The van der Waals surface area contributed by atoms with Gasteiger partial charge in [0.2, 0.25) is 17.7 Å². The van der Waals surface area contributed by atoms with Crippen LogP contribution in [0.4, 0.5) is 15.3 Å². The summed E-state index contributed by atoms with van der Waals surface area (Å²) < 4.78 is 5.04. The Balaban J connectivity index is 1.92. The van der Waals surface area contributed by atoms with E-state index in [0.717, 1.165) is 4.90 Å². The van der Waals surface area contributed by atoms with Crippen molar-refractivity contribution in [2.24, 2.45) is 11.7 Å². The van der Waals surface area contributed by atoms with E-state index in [0.29, 0.717) is 36.9 Å². The van der Waals surface area contributed by atoms with Crippen LogP contribution in [0.5, 0.6) is 0 Å². The summed E-state index contributed by atoms with van der Waals surface area (Å²) in [5.74, 6) is -3.57. The Morgan fingerprint density at radius 2 is 1.51 bits per heavy atom. The van der Waals surface area contributed by atoms with Crippen LogP contribution < -0.4 is 32.3 Å². The molecular formula is C32H45N7O10. The van der Waals surface area contributed by atoms with Crippen LogP contribution >= 0.6 is 0 Å². The topological polar surface area (TPSA) is 255 Å². The van der Waals surface area contributed by atoms with Crippen molar-refractivity contribution < 1.29 is 48.2 Å². The number of hydrogen-bond donors (Lipinski definition) is 7. The van der Waals surface area contributed by atoms with E-state index in [4.69, 9.17) is 15.6 Å².